The van der Waals surface area contributed by atoms with Gasteiger partial charge in [0.25, 0.3) is 0 Å². The largest absolute Gasteiger partial charge is 0.493 e. The van der Waals surface area contributed by atoms with Gasteiger partial charge < -0.3 is 15.2 Å². The van der Waals surface area contributed by atoms with Gasteiger partial charge >= 0.3 is 0 Å². The minimum Gasteiger partial charge on any atom is -0.493 e. The predicted molar refractivity (Wildman–Crippen MR) is 79.6 cm³/mol. The van der Waals surface area contributed by atoms with Crippen LogP contribution < -0.4 is 10.1 Å². The molecule has 2 N–H and O–H groups in total. The molecular formula is C16H27NO2. The fourth-order valence-corrected chi connectivity index (χ4v) is 1.96. The van der Waals surface area contributed by atoms with Crippen LogP contribution in [0, 0.1) is 0 Å². The lowest BCUT2D eigenvalue weighted by Crippen LogP contribution is -2.22. The molecule has 0 aliphatic carbocycles. The van der Waals surface area contributed by atoms with Crippen molar-refractivity contribution in [2.24, 2.45) is 0 Å². The Balaban J connectivity index is 2.51. The Kier molecular flexibility index (Phi) is 6.32. The van der Waals surface area contributed by atoms with Crippen LogP contribution in [-0.4, -0.2) is 23.9 Å². The molecule has 0 heterocycles. The Hall–Kier alpha value is -1.06. The van der Waals surface area contributed by atoms with Crippen LogP contribution in [0.2, 0.25) is 0 Å². The third kappa shape index (κ3) is 6.08. The van der Waals surface area contributed by atoms with Crippen LogP contribution in [0.1, 0.15) is 52.1 Å². The van der Waals surface area contributed by atoms with Crippen molar-refractivity contribution in [1.82, 2.24) is 5.32 Å². The van der Waals surface area contributed by atoms with Gasteiger partial charge in [-0.1, -0.05) is 26.0 Å². The van der Waals surface area contributed by atoms with Gasteiger partial charge in [-0.2, -0.15) is 0 Å². The fourth-order valence-electron chi connectivity index (χ4n) is 1.96. The average molecular weight is 265 g/mol. The second-order valence-corrected chi connectivity index (χ2v) is 5.50. The molecule has 1 rings (SSSR count). The molecule has 1 aromatic rings. The lowest BCUT2D eigenvalue weighted by Gasteiger charge is -2.18. The molecule has 0 aliphatic rings. The van der Waals surface area contributed by atoms with Crippen molar-refractivity contribution in [2.45, 2.75) is 52.2 Å². The van der Waals surface area contributed by atoms with E-state index < -0.39 is 5.60 Å². The van der Waals surface area contributed by atoms with Crippen LogP contribution in [0.5, 0.6) is 5.75 Å². The number of rotatable bonds is 8. The monoisotopic (exact) mass is 265 g/mol. The first kappa shape index (κ1) is 16.0. The van der Waals surface area contributed by atoms with Gasteiger partial charge in [0, 0.05) is 12.5 Å². The molecule has 108 valence electrons. The van der Waals surface area contributed by atoms with Crippen molar-refractivity contribution in [3.63, 3.8) is 0 Å². The SMILES string of the molecule is CCNC(CC)c1ccc(OCCC(C)(C)O)cc1. The summed E-state index contributed by atoms with van der Waals surface area (Å²) < 4.78 is 5.63. The molecule has 19 heavy (non-hydrogen) atoms. The Bertz CT molecular complexity index is 354. The van der Waals surface area contributed by atoms with E-state index in [4.69, 9.17) is 4.74 Å². The minimum absolute atomic E-state index is 0.412. The van der Waals surface area contributed by atoms with E-state index >= 15 is 0 Å². The first-order valence-electron chi connectivity index (χ1n) is 7.14. The summed E-state index contributed by atoms with van der Waals surface area (Å²) in [4.78, 5) is 0. The minimum atomic E-state index is -0.668. The molecule has 3 nitrogen and oxygen atoms in total. The summed E-state index contributed by atoms with van der Waals surface area (Å²) in [6.07, 6.45) is 1.70. The Morgan fingerprint density at radius 1 is 1.21 bits per heavy atom. The van der Waals surface area contributed by atoms with E-state index in [1.165, 1.54) is 5.56 Å². The number of hydrogen-bond donors (Lipinski definition) is 2. The van der Waals surface area contributed by atoms with Gasteiger partial charge in [0.2, 0.25) is 0 Å². The van der Waals surface area contributed by atoms with Crippen LogP contribution in [0.4, 0.5) is 0 Å². The molecule has 0 aromatic heterocycles. The highest BCUT2D eigenvalue weighted by Gasteiger charge is 2.12. The van der Waals surface area contributed by atoms with E-state index in [2.05, 4.69) is 31.3 Å². The molecule has 1 unspecified atom stereocenters. The van der Waals surface area contributed by atoms with Crippen molar-refractivity contribution in [3.8, 4) is 5.75 Å². The maximum Gasteiger partial charge on any atom is 0.119 e. The average Bonchev–Trinajstić information content (AvgIpc) is 2.35. The van der Waals surface area contributed by atoms with Gasteiger partial charge in [-0.3, -0.25) is 0 Å². The summed E-state index contributed by atoms with van der Waals surface area (Å²) in [5, 5.41) is 13.1. The van der Waals surface area contributed by atoms with Gasteiger partial charge in [0.1, 0.15) is 5.75 Å². The van der Waals surface area contributed by atoms with Crippen LogP contribution in [-0.2, 0) is 0 Å². The van der Waals surface area contributed by atoms with Gasteiger partial charge in [-0.25, -0.2) is 0 Å². The molecule has 0 amide bonds. The highest BCUT2D eigenvalue weighted by molar-refractivity contribution is 5.29. The van der Waals surface area contributed by atoms with Crippen molar-refractivity contribution < 1.29 is 9.84 Å². The van der Waals surface area contributed by atoms with Crippen LogP contribution in [0.25, 0.3) is 0 Å². The summed E-state index contributed by atoms with van der Waals surface area (Å²) in [6.45, 7) is 9.40. The summed E-state index contributed by atoms with van der Waals surface area (Å²) >= 11 is 0. The molecule has 0 saturated heterocycles. The molecule has 3 heteroatoms. The molecule has 0 saturated carbocycles. The Labute approximate surface area is 117 Å². The molecule has 0 spiro atoms. The number of hydrogen-bond acceptors (Lipinski definition) is 3. The zero-order valence-electron chi connectivity index (χ0n) is 12.6. The lowest BCUT2D eigenvalue weighted by atomic mass is 10.0. The lowest BCUT2D eigenvalue weighted by molar-refractivity contribution is 0.0553. The zero-order valence-corrected chi connectivity index (χ0v) is 12.6. The van der Waals surface area contributed by atoms with Crippen molar-refractivity contribution in [2.75, 3.05) is 13.2 Å². The highest BCUT2D eigenvalue weighted by atomic mass is 16.5. The number of aliphatic hydroxyl groups is 1. The topological polar surface area (TPSA) is 41.5 Å². The van der Waals surface area contributed by atoms with Gasteiger partial charge in [0.05, 0.1) is 12.2 Å². The summed E-state index contributed by atoms with van der Waals surface area (Å²) in [5.74, 6) is 0.861. The van der Waals surface area contributed by atoms with Crippen molar-refractivity contribution in [3.05, 3.63) is 29.8 Å². The van der Waals surface area contributed by atoms with E-state index in [0.29, 0.717) is 19.1 Å². The standard InChI is InChI=1S/C16H27NO2/c1-5-15(17-6-2)13-7-9-14(10-8-13)19-12-11-16(3,4)18/h7-10,15,17-18H,5-6,11-12H2,1-4H3. The number of ether oxygens (including phenoxy) is 1. The van der Waals surface area contributed by atoms with Crippen LogP contribution in [0.15, 0.2) is 24.3 Å². The molecule has 1 atom stereocenters. The van der Waals surface area contributed by atoms with E-state index in [9.17, 15) is 5.11 Å². The van der Waals surface area contributed by atoms with Crippen molar-refractivity contribution >= 4 is 0 Å². The highest BCUT2D eigenvalue weighted by Crippen LogP contribution is 2.20. The second kappa shape index (κ2) is 7.51. The summed E-state index contributed by atoms with van der Waals surface area (Å²) in [6, 6.07) is 8.63. The van der Waals surface area contributed by atoms with Crippen molar-refractivity contribution in [1.29, 1.82) is 0 Å². The Morgan fingerprint density at radius 2 is 1.84 bits per heavy atom. The van der Waals surface area contributed by atoms with E-state index in [1.807, 2.05) is 12.1 Å². The molecule has 0 bridgehead atoms. The third-order valence-corrected chi connectivity index (χ3v) is 3.12. The normalized spacial score (nSPS) is 13.3. The van der Waals surface area contributed by atoms with E-state index in [0.717, 1.165) is 18.7 Å². The van der Waals surface area contributed by atoms with Gasteiger partial charge in [0.15, 0.2) is 0 Å². The smallest absolute Gasteiger partial charge is 0.119 e. The third-order valence-electron chi connectivity index (χ3n) is 3.12. The molecule has 0 fully saturated rings. The van der Waals surface area contributed by atoms with Crippen LogP contribution in [0.3, 0.4) is 0 Å². The van der Waals surface area contributed by atoms with E-state index in [-0.39, 0.29) is 0 Å². The first-order valence-corrected chi connectivity index (χ1v) is 7.14. The molecular weight excluding hydrogens is 238 g/mol. The fraction of sp³-hybridized carbons (Fsp3) is 0.625. The van der Waals surface area contributed by atoms with E-state index in [1.54, 1.807) is 13.8 Å². The second-order valence-electron chi connectivity index (χ2n) is 5.50. The molecule has 0 radical (unpaired) electrons. The number of nitrogens with one attached hydrogen (secondary N) is 1. The maximum absolute atomic E-state index is 9.62. The quantitative estimate of drug-likeness (QED) is 0.758. The van der Waals surface area contributed by atoms with Crippen LogP contribution >= 0.6 is 0 Å². The Morgan fingerprint density at radius 3 is 2.32 bits per heavy atom. The zero-order chi connectivity index (χ0) is 14.3. The van der Waals surface area contributed by atoms with Gasteiger partial charge in [-0.05, 0) is 44.5 Å². The predicted octanol–water partition coefficient (Wildman–Crippen LogP) is 3.29. The maximum atomic E-state index is 9.62. The summed E-state index contributed by atoms with van der Waals surface area (Å²) in [5.41, 5.74) is 0.623. The molecule has 1 aromatic carbocycles. The molecule has 0 aliphatic heterocycles. The van der Waals surface area contributed by atoms with Gasteiger partial charge in [-0.15, -0.1) is 0 Å². The number of benzene rings is 1. The summed E-state index contributed by atoms with van der Waals surface area (Å²) in [7, 11) is 0. The first-order chi connectivity index (χ1) is 8.96.